The fourth-order valence-corrected chi connectivity index (χ4v) is 6.94. The predicted molar refractivity (Wildman–Crippen MR) is 138 cm³/mol. The minimum absolute atomic E-state index is 0.134. The van der Waals surface area contributed by atoms with E-state index in [0.29, 0.717) is 46.9 Å². The number of esters is 1. The number of hydrogen-bond donors (Lipinski definition) is 0. The van der Waals surface area contributed by atoms with Gasteiger partial charge in [-0.1, -0.05) is 43.4 Å². The lowest BCUT2D eigenvalue weighted by Gasteiger charge is -2.22. The molecule has 0 fully saturated rings. The number of thiazole rings is 1. The van der Waals surface area contributed by atoms with Crippen LogP contribution >= 0.6 is 23.1 Å². The summed E-state index contributed by atoms with van der Waals surface area (Å²) in [5.74, 6) is -1.51. The Hall–Kier alpha value is -2.66. The van der Waals surface area contributed by atoms with Gasteiger partial charge in [-0.15, -0.1) is 11.8 Å². The largest absolute Gasteiger partial charge is 0.464 e. The van der Waals surface area contributed by atoms with Crippen molar-refractivity contribution >= 4 is 34.6 Å². The van der Waals surface area contributed by atoms with E-state index in [1.807, 2.05) is 19.9 Å². The average Bonchev–Trinajstić information content (AvgIpc) is 3.38. The molecule has 0 spiro atoms. The summed E-state index contributed by atoms with van der Waals surface area (Å²) in [4.78, 5) is 17.7. The van der Waals surface area contributed by atoms with Gasteiger partial charge in [0.05, 0.1) is 22.7 Å². The van der Waals surface area contributed by atoms with Gasteiger partial charge in [0, 0.05) is 17.2 Å². The Labute approximate surface area is 220 Å². The van der Waals surface area contributed by atoms with Crippen molar-refractivity contribution in [3.05, 3.63) is 53.2 Å². The zero-order chi connectivity index (χ0) is 26.9. The number of alkyl halides is 3. The molecule has 3 aromatic rings. The number of thioether (sulfide) groups is 1. The number of benzene rings is 1. The van der Waals surface area contributed by atoms with Crippen LogP contribution in [0.4, 0.5) is 17.6 Å². The van der Waals surface area contributed by atoms with Crippen molar-refractivity contribution in [1.82, 2.24) is 14.8 Å². The Morgan fingerprint density at radius 2 is 2.08 bits per heavy atom. The first kappa shape index (κ1) is 27.4. The summed E-state index contributed by atoms with van der Waals surface area (Å²) in [6.45, 7) is 5.82. The molecule has 1 atom stereocenters. The lowest BCUT2D eigenvalue weighted by atomic mass is 9.86. The number of carbonyl (C=O) groups excluding carboxylic acids is 1. The number of allylic oxidation sites excluding steroid dienone is 2. The van der Waals surface area contributed by atoms with E-state index in [4.69, 9.17) is 9.72 Å². The third-order valence-electron chi connectivity index (χ3n) is 6.00. The molecule has 0 bridgehead atoms. The second-order valence-electron chi connectivity index (χ2n) is 9.21. The summed E-state index contributed by atoms with van der Waals surface area (Å²) < 4.78 is 60.0. The maximum Gasteiger partial charge on any atom is 0.389 e. The Morgan fingerprint density at radius 3 is 2.68 bits per heavy atom. The number of ether oxygens (including phenoxy) is 1. The normalized spacial score (nSPS) is 16.2. The molecular formula is C26H27F4N3O2S2. The van der Waals surface area contributed by atoms with E-state index in [2.05, 4.69) is 5.10 Å². The zero-order valence-corrected chi connectivity index (χ0v) is 22.5. The van der Waals surface area contributed by atoms with Crippen LogP contribution in [0.1, 0.15) is 61.4 Å². The third kappa shape index (κ3) is 6.26. The van der Waals surface area contributed by atoms with Crippen molar-refractivity contribution in [3.8, 4) is 16.3 Å². The maximum absolute atomic E-state index is 14.0. The van der Waals surface area contributed by atoms with Gasteiger partial charge in [-0.25, -0.2) is 14.2 Å². The molecule has 4 rings (SSSR count). The standard InChI is InChI=1S/C26H27F4N3O2S2/c1-14(2)36-24-21(17-10-8-16(9-11-17)13-26(28,29)30)31-25(37-24)33-22(23(34)35-4)20(15(3)32-33)18-6-5-7-19(27)12-18/h5-7,10,12,14,16H,8-9,11,13H2,1-4H3. The van der Waals surface area contributed by atoms with E-state index in [9.17, 15) is 22.4 Å². The Bertz CT molecular complexity index is 1330. The van der Waals surface area contributed by atoms with Gasteiger partial charge in [0.15, 0.2) is 5.69 Å². The molecule has 5 nitrogen and oxygen atoms in total. The number of aromatic nitrogens is 3. The molecule has 11 heteroatoms. The van der Waals surface area contributed by atoms with Crippen molar-refractivity contribution in [2.45, 2.75) is 62.1 Å². The van der Waals surface area contributed by atoms with E-state index in [-0.39, 0.29) is 10.9 Å². The fourth-order valence-electron chi connectivity index (χ4n) is 4.44. The maximum atomic E-state index is 14.0. The van der Waals surface area contributed by atoms with E-state index >= 15 is 0 Å². The fraction of sp³-hybridized carbons (Fsp3) is 0.423. The summed E-state index contributed by atoms with van der Waals surface area (Å²) in [7, 11) is 1.27. The highest BCUT2D eigenvalue weighted by Crippen LogP contribution is 2.43. The van der Waals surface area contributed by atoms with E-state index in [1.54, 1.807) is 30.8 Å². The van der Waals surface area contributed by atoms with Gasteiger partial charge in [-0.3, -0.25) is 0 Å². The van der Waals surface area contributed by atoms with Gasteiger partial charge in [0.1, 0.15) is 5.82 Å². The lowest BCUT2D eigenvalue weighted by Crippen LogP contribution is -2.17. The Kier molecular flexibility index (Phi) is 8.13. The molecule has 1 aliphatic carbocycles. The molecule has 0 aliphatic heterocycles. The number of rotatable bonds is 7. The number of methoxy groups -OCH3 is 1. The van der Waals surface area contributed by atoms with E-state index in [0.717, 1.165) is 9.78 Å². The molecule has 0 amide bonds. The average molecular weight is 554 g/mol. The number of halogens is 4. The van der Waals surface area contributed by atoms with Gasteiger partial charge < -0.3 is 4.74 Å². The van der Waals surface area contributed by atoms with Crippen molar-refractivity contribution in [2.75, 3.05) is 7.11 Å². The van der Waals surface area contributed by atoms with Crippen LogP contribution in [0.25, 0.3) is 21.8 Å². The van der Waals surface area contributed by atoms with Crippen LogP contribution in [-0.4, -0.2) is 39.3 Å². The van der Waals surface area contributed by atoms with Crippen LogP contribution in [-0.2, 0) is 4.74 Å². The molecular weight excluding hydrogens is 526 g/mol. The summed E-state index contributed by atoms with van der Waals surface area (Å²) >= 11 is 2.96. The lowest BCUT2D eigenvalue weighted by molar-refractivity contribution is -0.144. The van der Waals surface area contributed by atoms with Crippen LogP contribution in [0.15, 0.2) is 34.6 Å². The van der Waals surface area contributed by atoms with Gasteiger partial charge in [0.25, 0.3) is 0 Å². The molecule has 0 saturated heterocycles. The minimum Gasteiger partial charge on any atom is -0.464 e. The smallest absolute Gasteiger partial charge is 0.389 e. The SMILES string of the molecule is COC(=O)c1c(-c2cccc(F)c2)c(C)nn1-c1nc(C2=CCC(CC(F)(F)F)CC2)c(SC(C)C)s1. The molecule has 37 heavy (non-hydrogen) atoms. The molecule has 198 valence electrons. The van der Waals surface area contributed by atoms with Crippen molar-refractivity contribution in [1.29, 1.82) is 0 Å². The van der Waals surface area contributed by atoms with Crippen LogP contribution in [0.3, 0.4) is 0 Å². The van der Waals surface area contributed by atoms with Gasteiger partial charge in [-0.05, 0) is 55.4 Å². The van der Waals surface area contributed by atoms with Crippen LogP contribution in [0.5, 0.6) is 0 Å². The molecule has 2 aromatic heterocycles. The molecule has 1 aromatic carbocycles. The van der Waals surface area contributed by atoms with Crippen molar-refractivity contribution in [3.63, 3.8) is 0 Å². The minimum atomic E-state index is -4.18. The van der Waals surface area contributed by atoms with Crippen molar-refractivity contribution in [2.24, 2.45) is 5.92 Å². The predicted octanol–water partition coefficient (Wildman–Crippen LogP) is 7.87. The van der Waals surface area contributed by atoms with Gasteiger partial charge in [-0.2, -0.15) is 23.0 Å². The van der Waals surface area contributed by atoms with E-state index in [1.165, 1.54) is 35.3 Å². The number of hydrogen-bond acceptors (Lipinski definition) is 6. The molecule has 1 aliphatic rings. The topological polar surface area (TPSA) is 57.0 Å². The Morgan fingerprint density at radius 1 is 1.32 bits per heavy atom. The summed E-state index contributed by atoms with van der Waals surface area (Å²) in [5, 5.41) is 5.24. The first-order valence-electron chi connectivity index (χ1n) is 11.8. The second kappa shape index (κ2) is 11.0. The van der Waals surface area contributed by atoms with Crippen LogP contribution in [0, 0.1) is 18.7 Å². The molecule has 0 N–H and O–H groups in total. The molecule has 2 heterocycles. The van der Waals surface area contributed by atoms with Gasteiger partial charge in [0.2, 0.25) is 5.13 Å². The van der Waals surface area contributed by atoms with Crippen LogP contribution < -0.4 is 0 Å². The third-order valence-corrected chi connectivity index (χ3v) is 8.25. The van der Waals surface area contributed by atoms with E-state index < -0.39 is 30.3 Å². The molecule has 0 saturated carbocycles. The second-order valence-corrected chi connectivity index (χ2v) is 12.0. The highest BCUT2D eigenvalue weighted by molar-refractivity contribution is 8.01. The summed E-state index contributed by atoms with van der Waals surface area (Å²) in [6.07, 6.45) is -1.84. The number of nitrogens with zero attached hydrogens (tertiary/aromatic N) is 3. The first-order valence-corrected chi connectivity index (χ1v) is 13.5. The number of aryl methyl sites for hydroxylation is 1. The quantitative estimate of drug-likeness (QED) is 0.169. The summed E-state index contributed by atoms with van der Waals surface area (Å²) in [6, 6.07) is 5.91. The monoisotopic (exact) mass is 553 g/mol. The summed E-state index contributed by atoms with van der Waals surface area (Å²) in [5.41, 5.74) is 3.19. The highest BCUT2D eigenvalue weighted by Gasteiger charge is 2.33. The number of carbonyl (C=O) groups is 1. The molecule has 1 unspecified atom stereocenters. The zero-order valence-electron chi connectivity index (χ0n) is 20.9. The first-order chi connectivity index (χ1) is 17.5. The Balaban J connectivity index is 1.79. The highest BCUT2D eigenvalue weighted by atomic mass is 32.2. The van der Waals surface area contributed by atoms with Crippen molar-refractivity contribution < 1.29 is 27.1 Å². The van der Waals surface area contributed by atoms with Gasteiger partial charge >= 0.3 is 12.1 Å². The van der Waals surface area contributed by atoms with Crippen LogP contribution in [0.2, 0.25) is 0 Å². The molecule has 0 radical (unpaired) electrons.